The molecule has 8 nitrogen and oxygen atoms in total. The van der Waals surface area contributed by atoms with E-state index in [2.05, 4.69) is 10.2 Å². The maximum atomic E-state index is 13.9. The van der Waals surface area contributed by atoms with Crippen molar-refractivity contribution in [3.63, 3.8) is 0 Å². The summed E-state index contributed by atoms with van der Waals surface area (Å²) in [5, 5.41) is 2.45. The number of nitrogens with one attached hydrogen (secondary N) is 1. The van der Waals surface area contributed by atoms with Crippen molar-refractivity contribution in [2.24, 2.45) is 0 Å². The lowest BCUT2D eigenvalue weighted by molar-refractivity contribution is 0.00582. The molecule has 0 saturated carbocycles. The van der Waals surface area contributed by atoms with Crippen molar-refractivity contribution in [3.05, 3.63) is 95.1 Å². The van der Waals surface area contributed by atoms with Crippen molar-refractivity contribution in [1.29, 1.82) is 0 Å². The molecule has 0 spiro atoms. The van der Waals surface area contributed by atoms with Gasteiger partial charge in [-0.2, -0.15) is 0 Å². The molecule has 1 fully saturated rings. The van der Waals surface area contributed by atoms with Crippen LogP contribution in [0, 0.1) is 11.6 Å². The van der Waals surface area contributed by atoms with Crippen LogP contribution in [0.15, 0.2) is 66.7 Å². The molecule has 2 amide bonds. The highest BCUT2D eigenvalue weighted by molar-refractivity contribution is 5.90. The normalized spacial score (nSPS) is 14.5. The topological polar surface area (TPSA) is 80.3 Å². The van der Waals surface area contributed by atoms with E-state index in [9.17, 15) is 18.4 Å². The number of methoxy groups -OCH3 is 2. The van der Waals surface area contributed by atoms with E-state index in [-0.39, 0.29) is 11.8 Å². The first-order valence-electron chi connectivity index (χ1n) is 12.5. The quantitative estimate of drug-likeness (QED) is 0.391. The van der Waals surface area contributed by atoms with E-state index in [4.69, 9.17) is 14.2 Å². The Hall–Kier alpha value is -4.02. The Bertz CT molecular complexity index is 1280. The molecular formula is C29H31F2N3O5. The number of carbonyl (C=O) groups excluding carboxylic acids is 2. The Morgan fingerprint density at radius 3 is 2.38 bits per heavy atom. The van der Waals surface area contributed by atoms with Crippen molar-refractivity contribution < 1.29 is 32.6 Å². The van der Waals surface area contributed by atoms with Gasteiger partial charge >= 0.3 is 12.0 Å². The highest BCUT2D eigenvalue weighted by Gasteiger charge is 2.25. The van der Waals surface area contributed by atoms with Crippen molar-refractivity contribution in [2.45, 2.75) is 12.7 Å². The zero-order chi connectivity index (χ0) is 27.8. The van der Waals surface area contributed by atoms with E-state index in [1.165, 1.54) is 7.11 Å². The first-order valence-corrected chi connectivity index (χ1v) is 12.5. The number of urea groups is 1. The molecule has 1 N–H and O–H groups in total. The maximum Gasteiger partial charge on any atom is 0.337 e. The summed E-state index contributed by atoms with van der Waals surface area (Å²) >= 11 is 0. The van der Waals surface area contributed by atoms with Gasteiger partial charge in [-0.25, -0.2) is 18.4 Å². The number of benzene rings is 3. The first-order chi connectivity index (χ1) is 18.9. The summed E-state index contributed by atoms with van der Waals surface area (Å²) in [5.41, 5.74) is 2.13. The molecule has 0 aliphatic carbocycles. The summed E-state index contributed by atoms with van der Waals surface area (Å²) in [5.74, 6) is -0.999. The second-order valence-corrected chi connectivity index (χ2v) is 9.11. The summed E-state index contributed by atoms with van der Waals surface area (Å²) in [4.78, 5) is 28.1. The number of nitrogens with zero attached hydrogens (tertiary/aromatic N) is 2. The monoisotopic (exact) mass is 539 g/mol. The van der Waals surface area contributed by atoms with Crippen molar-refractivity contribution in [3.8, 4) is 5.75 Å². The lowest BCUT2D eigenvalue weighted by Gasteiger charge is -2.36. The fourth-order valence-corrected chi connectivity index (χ4v) is 4.30. The molecule has 4 rings (SSSR count). The molecule has 1 aliphatic heterocycles. The molecule has 39 heavy (non-hydrogen) atoms. The maximum absolute atomic E-state index is 13.9. The number of amides is 2. The lowest BCUT2D eigenvalue weighted by Crippen LogP contribution is -2.50. The van der Waals surface area contributed by atoms with Gasteiger partial charge in [0.25, 0.3) is 0 Å². The zero-order valence-electron chi connectivity index (χ0n) is 21.9. The molecule has 10 heteroatoms. The minimum Gasteiger partial charge on any atom is -0.497 e. The highest BCUT2D eigenvalue weighted by atomic mass is 19.1. The molecule has 206 valence electrons. The summed E-state index contributed by atoms with van der Waals surface area (Å²) < 4.78 is 43.9. The largest absolute Gasteiger partial charge is 0.497 e. The van der Waals surface area contributed by atoms with Gasteiger partial charge in [-0.3, -0.25) is 4.90 Å². The molecule has 1 saturated heterocycles. The number of anilines is 1. The predicted octanol–water partition coefficient (Wildman–Crippen LogP) is 4.87. The van der Waals surface area contributed by atoms with Gasteiger partial charge in [-0.15, -0.1) is 0 Å². The van der Waals surface area contributed by atoms with Gasteiger partial charge in [0.1, 0.15) is 17.4 Å². The number of ether oxygens (including phenoxy) is 3. The van der Waals surface area contributed by atoms with Gasteiger partial charge < -0.3 is 24.4 Å². The number of esters is 1. The van der Waals surface area contributed by atoms with E-state index in [1.807, 2.05) is 36.4 Å². The van der Waals surface area contributed by atoms with Crippen LogP contribution < -0.4 is 10.1 Å². The average molecular weight is 540 g/mol. The number of carbonyl (C=O) groups is 2. The SMILES string of the molecule is COC(=O)c1ccc(CO[C@@H](CN2CCN(C(=O)Nc3cc(F)ccc3F)CC2)c2cccc(OC)c2)cc1. The van der Waals surface area contributed by atoms with Crippen LogP contribution >= 0.6 is 0 Å². The molecule has 0 radical (unpaired) electrons. The summed E-state index contributed by atoms with van der Waals surface area (Å²) in [7, 11) is 2.95. The third kappa shape index (κ3) is 7.52. The van der Waals surface area contributed by atoms with Crippen LogP contribution in [0.25, 0.3) is 0 Å². The van der Waals surface area contributed by atoms with E-state index in [0.29, 0.717) is 44.9 Å². The molecule has 3 aromatic carbocycles. The average Bonchev–Trinajstić information content (AvgIpc) is 2.97. The number of piperazine rings is 1. The van der Waals surface area contributed by atoms with E-state index in [0.717, 1.165) is 35.1 Å². The van der Waals surface area contributed by atoms with Crippen LogP contribution in [0.3, 0.4) is 0 Å². The van der Waals surface area contributed by atoms with Gasteiger partial charge in [0.15, 0.2) is 0 Å². The number of hydrogen-bond acceptors (Lipinski definition) is 6. The fraction of sp³-hybridized carbons (Fsp3) is 0.310. The zero-order valence-corrected chi connectivity index (χ0v) is 21.9. The summed E-state index contributed by atoms with van der Waals surface area (Å²) in [6.45, 7) is 2.89. The highest BCUT2D eigenvalue weighted by Crippen LogP contribution is 2.25. The van der Waals surface area contributed by atoms with Gasteiger partial charge in [0.05, 0.1) is 38.2 Å². The molecular weight excluding hydrogens is 508 g/mol. The second-order valence-electron chi connectivity index (χ2n) is 9.11. The molecule has 1 aliphatic rings. The van der Waals surface area contributed by atoms with E-state index in [1.54, 1.807) is 24.1 Å². The van der Waals surface area contributed by atoms with Crippen LogP contribution in [0.2, 0.25) is 0 Å². The molecule has 1 heterocycles. The predicted molar refractivity (Wildman–Crippen MR) is 142 cm³/mol. The molecule has 0 unspecified atom stereocenters. The lowest BCUT2D eigenvalue weighted by atomic mass is 10.1. The van der Waals surface area contributed by atoms with Crippen LogP contribution in [0.5, 0.6) is 5.75 Å². The summed E-state index contributed by atoms with van der Waals surface area (Å²) in [6.07, 6.45) is -0.290. The van der Waals surface area contributed by atoms with E-state index < -0.39 is 23.6 Å². The minimum absolute atomic E-state index is 0.187. The van der Waals surface area contributed by atoms with Gasteiger partial charge in [0, 0.05) is 38.8 Å². The number of hydrogen-bond donors (Lipinski definition) is 1. The van der Waals surface area contributed by atoms with E-state index >= 15 is 0 Å². The third-order valence-electron chi connectivity index (χ3n) is 6.55. The third-order valence-corrected chi connectivity index (χ3v) is 6.55. The van der Waals surface area contributed by atoms with Gasteiger partial charge in [-0.05, 0) is 47.5 Å². The Morgan fingerprint density at radius 2 is 1.69 bits per heavy atom. The Balaban J connectivity index is 1.38. The van der Waals surface area contributed by atoms with Crippen molar-refractivity contribution >= 4 is 17.7 Å². The molecule has 0 aromatic heterocycles. The Labute approximate surface area is 226 Å². The summed E-state index contributed by atoms with van der Waals surface area (Å²) in [6, 6.07) is 17.2. The standard InChI is InChI=1S/C29H31F2N3O5/c1-37-24-5-3-4-22(16-24)27(39-19-20-6-8-21(9-7-20)28(35)38-2)18-33-12-14-34(15-13-33)29(36)32-26-17-23(30)10-11-25(26)31/h3-11,16-17,27H,12-15,18-19H2,1-2H3,(H,32,36)/t27-/m0/s1. The number of halogens is 2. The molecule has 1 atom stereocenters. The Kier molecular flexibility index (Phi) is 9.45. The van der Waals surface area contributed by atoms with Crippen LogP contribution in [-0.4, -0.2) is 68.7 Å². The number of rotatable bonds is 9. The van der Waals surface area contributed by atoms with Crippen LogP contribution in [0.1, 0.15) is 27.6 Å². The smallest absolute Gasteiger partial charge is 0.337 e. The minimum atomic E-state index is -0.693. The fourth-order valence-electron chi connectivity index (χ4n) is 4.30. The first kappa shape index (κ1) is 28.0. The molecule has 3 aromatic rings. The Morgan fingerprint density at radius 1 is 0.949 bits per heavy atom. The molecule has 0 bridgehead atoms. The van der Waals surface area contributed by atoms with Crippen LogP contribution in [0.4, 0.5) is 19.3 Å². The second kappa shape index (κ2) is 13.2. The van der Waals surface area contributed by atoms with Gasteiger partial charge in [0.2, 0.25) is 0 Å². The van der Waals surface area contributed by atoms with Crippen LogP contribution in [-0.2, 0) is 16.1 Å². The van der Waals surface area contributed by atoms with Gasteiger partial charge in [-0.1, -0.05) is 24.3 Å². The van der Waals surface area contributed by atoms with Crippen molar-refractivity contribution in [2.75, 3.05) is 52.3 Å². The van der Waals surface area contributed by atoms with Crippen molar-refractivity contribution in [1.82, 2.24) is 9.80 Å².